The standard InChI is InChI=1S/C21H23N3O3/c1-11-7-16(15-8-17(25-4)20-18(9-15)26-10-27-20)22-21-19(11)12(2)23-24(21)13(3)14-5-6-14/h7-9,13-14H,5-6,10H2,1-4H3. The molecule has 2 aromatic heterocycles. The summed E-state index contributed by atoms with van der Waals surface area (Å²) in [5.41, 5.74) is 5.01. The first-order valence-corrected chi connectivity index (χ1v) is 9.41. The first-order chi connectivity index (χ1) is 13.1. The Morgan fingerprint density at radius 1 is 1.19 bits per heavy atom. The predicted molar refractivity (Wildman–Crippen MR) is 103 cm³/mol. The van der Waals surface area contributed by atoms with E-state index < -0.39 is 0 Å². The number of hydrogen-bond donors (Lipinski definition) is 0. The zero-order valence-electron chi connectivity index (χ0n) is 16.1. The molecule has 1 aliphatic carbocycles. The largest absolute Gasteiger partial charge is 0.493 e. The van der Waals surface area contributed by atoms with Crippen molar-refractivity contribution in [2.75, 3.05) is 13.9 Å². The summed E-state index contributed by atoms with van der Waals surface area (Å²) in [6, 6.07) is 6.41. The number of fused-ring (bicyclic) bond motifs is 2. The van der Waals surface area contributed by atoms with Gasteiger partial charge >= 0.3 is 0 Å². The number of methoxy groups -OCH3 is 1. The van der Waals surface area contributed by atoms with E-state index in [9.17, 15) is 0 Å². The summed E-state index contributed by atoms with van der Waals surface area (Å²) >= 11 is 0. The van der Waals surface area contributed by atoms with E-state index in [2.05, 4.69) is 31.5 Å². The van der Waals surface area contributed by atoms with Crippen LogP contribution in [0.15, 0.2) is 18.2 Å². The summed E-state index contributed by atoms with van der Waals surface area (Å²) in [5, 5.41) is 5.97. The number of ether oxygens (including phenoxy) is 3. The van der Waals surface area contributed by atoms with Gasteiger partial charge in [0.2, 0.25) is 12.5 Å². The Morgan fingerprint density at radius 2 is 2.00 bits per heavy atom. The van der Waals surface area contributed by atoms with Gasteiger partial charge in [-0.15, -0.1) is 0 Å². The molecule has 27 heavy (non-hydrogen) atoms. The molecular weight excluding hydrogens is 342 g/mol. The van der Waals surface area contributed by atoms with Crippen LogP contribution in [0.5, 0.6) is 17.2 Å². The van der Waals surface area contributed by atoms with Crippen LogP contribution in [0.4, 0.5) is 0 Å². The maximum atomic E-state index is 5.58. The lowest BCUT2D eigenvalue weighted by Gasteiger charge is -2.13. The Labute approximate surface area is 158 Å². The fraction of sp³-hybridized carbons (Fsp3) is 0.429. The van der Waals surface area contributed by atoms with Crippen molar-refractivity contribution in [3.8, 4) is 28.5 Å². The third kappa shape index (κ3) is 2.54. The number of rotatable bonds is 4. The lowest BCUT2D eigenvalue weighted by Crippen LogP contribution is -2.10. The molecule has 1 fully saturated rings. The first-order valence-electron chi connectivity index (χ1n) is 9.41. The summed E-state index contributed by atoms with van der Waals surface area (Å²) < 4.78 is 18.7. The highest BCUT2D eigenvalue weighted by Gasteiger charge is 2.31. The van der Waals surface area contributed by atoms with Gasteiger partial charge in [-0.05, 0) is 63.3 Å². The van der Waals surface area contributed by atoms with E-state index in [0.717, 1.165) is 28.0 Å². The minimum absolute atomic E-state index is 0.214. The van der Waals surface area contributed by atoms with E-state index in [4.69, 9.17) is 24.3 Å². The predicted octanol–water partition coefficient (Wildman–Crippen LogP) is 4.42. The Bertz CT molecular complexity index is 1050. The van der Waals surface area contributed by atoms with Gasteiger partial charge in [0.15, 0.2) is 17.1 Å². The molecule has 6 nitrogen and oxygen atoms in total. The van der Waals surface area contributed by atoms with Crippen molar-refractivity contribution in [3.63, 3.8) is 0 Å². The molecule has 0 radical (unpaired) electrons. The maximum absolute atomic E-state index is 5.58. The monoisotopic (exact) mass is 365 g/mol. The number of benzene rings is 1. The molecule has 0 N–H and O–H groups in total. The third-order valence-electron chi connectivity index (χ3n) is 5.68. The molecule has 0 amide bonds. The van der Waals surface area contributed by atoms with E-state index in [1.54, 1.807) is 7.11 Å². The number of aromatic nitrogens is 3. The van der Waals surface area contributed by atoms with Crippen LogP contribution in [0.1, 0.15) is 37.1 Å². The second-order valence-corrected chi connectivity index (χ2v) is 7.54. The van der Waals surface area contributed by atoms with Crippen LogP contribution in [0.25, 0.3) is 22.3 Å². The molecule has 3 heterocycles. The highest BCUT2D eigenvalue weighted by atomic mass is 16.7. The van der Waals surface area contributed by atoms with Crippen LogP contribution in [0, 0.1) is 19.8 Å². The Kier molecular flexibility index (Phi) is 3.57. The van der Waals surface area contributed by atoms with Gasteiger partial charge in [0.1, 0.15) is 0 Å². The Hall–Kier alpha value is -2.76. The van der Waals surface area contributed by atoms with Crippen LogP contribution in [0.2, 0.25) is 0 Å². The van der Waals surface area contributed by atoms with Crippen molar-refractivity contribution >= 4 is 11.0 Å². The van der Waals surface area contributed by atoms with E-state index in [1.807, 2.05) is 12.1 Å². The van der Waals surface area contributed by atoms with Gasteiger partial charge in [0.05, 0.1) is 24.5 Å². The molecule has 0 bridgehead atoms. The average Bonchev–Trinajstić information content (AvgIpc) is 3.31. The molecule has 0 saturated heterocycles. The first kappa shape index (κ1) is 16.4. The third-order valence-corrected chi connectivity index (χ3v) is 5.68. The van der Waals surface area contributed by atoms with Crippen LogP contribution in [0.3, 0.4) is 0 Å². The van der Waals surface area contributed by atoms with Crippen LogP contribution in [-0.4, -0.2) is 28.7 Å². The lowest BCUT2D eigenvalue weighted by atomic mass is 10.1. The fourth-order valence-corrected chi connectivity index (χ4v) is 4.02. The van der Waals surface area contributed by atoms with Crippen molar-refractivity contribution in [1.29, 1.82) is 0 Å². The second-order valence-electron chi connectivity index (χ2n) is 7.54. The fourth-order valence-electron chi connectivity index (χ4n) is 4.02. The van der Waals surface area contributed by atoms with Crippen molar-refractivity contribution in [2.24, 2.45) is 5.92 Å². The topological polar surface area (TPSA) is 58.4 Å². The molecule has 1 aliphatic heterocycles. The van der Waals surface area contributed by atoms with Gasteiger partial charge in [-0.1, -0.05) is 0 Å². The van der Waals surface area contributed by atoms with Crippen molar-refractivity contribution < 1.29 is 14.2 Å². The summed E-state index contributed by atoms with van der Waals surface area (Å²) in [6.07, 6.45) is 2.55. The smallest absolute Gasteiger partial charge is 0.231 e. The van der Waals surface area contributed by atoms with Crippen LogP contribution in [-0.2, 0) is 0 Å². The van der Waals surface area contributed by atoms with Crippen LogP contribution >= 0.6 is 0 Å². The Balaban J connectivity index is 1.69. The zero-order valence-corrected chi connectivity index (χ0v) is 16.1. The lowest BCUT2D eigenvalue weighted by molar-refractivity contribution is 0.171. The minimum Gasteiger partial charge on any atom is -0.493 e. The molecule has 1 aromatic carbocycles. The summed E-state index contributed by atoms with van der Waals surface area (Å²) in [5.74, 6) is 2.72. The highest BCUT2D eigenvalue weighted by Crippen LogP contribution is 2.45. The Morgan fingerprint density at radius 3 is 2.74 bits per heavy atom. The molecule has 0 spiro atoms. The SMILES string of the molecule is COc1cc(-c2cc(C)c3c(C)nn(C(C)C4CC4)c3n2)cc2c1OCO2. The molecule has 1 atom stereocenters. The number of hydrogen-bond acceptors (Lipinski definition) is 5. The van der Waals surface area contributed by atoms with Gasteiger partial charge < -0.3 is 14.2 Å². The van der Waals surface area contributed by atoms with E-state index in [1.165, 1.54) is 18.4 Å². The zero-order chi connectivity index (χ0) is 18.7. The number of pyridine rings is 1. The second kappa shape index (κ2) is 5.87. The van der Waals surface area contributed by atoms with E-state index in [0.29, 0.717) is 29.2 Å². The quantitative estimate of drug-likeness (QED) is 0.685. The molecule has 1 unspecified atom stereocenters. The van der Waals surface area contributed by atoms with Crippen molar-refractivity contribution in [2.45, 2.75) is 39.7 Å². The van der Waals surface area contributed by atoms with Gasteiger partial charge in [0.25, 0.3) is 0 Å². The summed E-state index contributed by atoms with van der Waals surface area (Å²) in [6.45, 7) is 6.65. The molecule has 2 aliphatic rings. The molecule has 1 saturated carbocycles. The minimum atomic E-state index is 0.214. The molecule has 140 valence electrons. The maximum Gasteiger partial charge on any atom is 0.231 e. The molecule has 5 rings (SSSR count). The van der Waals surface area contributed by atoms with E-state index in [-0.39, 0.29) is 6.79 Å². The van der Waals surface area contributed by atoms with E-state index >= 15 is 0 Å². The van der Waals surface area contributed by atoms with Gasteiger partial charge in [-0.3, -0.25) is 0 Å². The molecule has 3 aromatic rings. The van der Waals surface area contributed by atoms with Gasteiger partial charge in [-0.2, -0.15) is 5.10 Å². The number of aryl methyl sites for hydroxylation is 2. The average molecular weight is 365 g/mol. The number of nitrogens with zero attached hydrogens (tertiary/aromatic N) is 3. The molecule has 6 heteroatoms. The van der Waals surface area contributed by atoms with Crippen molar-refractivity contribution in [1.82, 2.24) is 14.8 Å². The van der Waals surface area contributed by atoms with Crippen molar-refractivity contribution in [3.05, 3.63) is 29.5 Å². The molecular formula is C21H23N3O3. The highest BCUT2D eigenvalue weighted by molar-refractivity contribution is 5.85. The van der Waals surface area contributed by atoms with Gasteiger partial charge in [-0.25, -0.2) is 9.67 Å². The normalized spacial score (nSPS) is 16.7. The van der Waals surface area contributed by atoms with Crippen LogP contribution < -0.4 is 14.2 Å². The van der Waals surface area contributed by atoms with Gasteiger partial charge in [0, 0.05) is 10.9 Å². The summed E-state index contributed by atoms with van der Waals surface area (Å²) in [7, 11) is 1.64. The summed E-state index contributed by atoms with van der Waals surface area (Å²) in [4.78, 5) is 5.01.